The third-order valence-electron chi connectivity index (χ3n) is 1.66. The molecule has 1 rings (SSSR count). The fourth-order valence-electron chi connectivity index (χ4n) is 0.992. The van der Waals surface area contributed by atoms with Crippen LogP contribution in [0, 0.1) is 0 Å². The molecule has 1 aromatic rings. The molecule has 0 saturated heterocycles. The average molecular weight is 270 g/mol. The van der Waals surface area contributed by atoms with Crippen LogP contribution in [0.1, 0.15) is 11.6 Å². The molecule has 0 radical (unpaired) electrons. The number of hydrogen-bond acceptors (Lipinski definition) is 2. The molecule has 14 heavy (non-hydrogen) atoms. The molecule has 0 unspecified atom stereocenters. The smallest absolute Gasteiger partial charge is 0.316 e. The molecule has 2 nitrogen and oxygen atoms in total. The fraction of sp³-hybridized carbons (Fsp3) is 0.250. The summed E-state index contributed by atoms with van der Waals surface area (Å²) in [5, 5.41) is 8.40. The van der Waals surface area contributed by atoms with Gasteiger partial charge >= 0.3 is 6.18 Å². The highest BCUT2D eigenvalue weighted by atomic mass is 79.9. The van der Waals surface area contributed by atoms with E-state index in [1.165, 1.54) is 29.7 Å². The van der Waals surface area contributed by atoms with E-state index in [9.17, 15) is 13.2 Å². The van der Waals surface area contributed by atoms with E-state index >= 15 is 0 Å². The standard InChI is InChI=1S/C8H7BrF3NO/c9-6-3-1-5(2-4-6)7(13-14)8(10,11)12/h1-4,7,13-14H/t7-/m0/s1. The van der Waals surface area contributed by atoms with Gasteiger partial charge in [-0.3, -0.25) is 0 Å². The third-order valence-corrected chi connectivity index (χ3v) is 2.19. The van der Waals surface area contributed by atoms with Gasteiger partial charge in [-0.1, -0.05) is 28.1 Å². The number of benzene rings is 1. The first kappa shape index (κ1) is 11.5. The molecule has 2 N–H and O–H groups in total. The summed E-state index contributed by atoms with van der Waals surface area (Å²) < 4.78 is 37.5. The van der Waals surface area contributed by atoms with Gasteiger partial charge < -0.3 is 5.21 Å². The Bertz CT molecular complexity index is 298. The first-order valence-electron chi connectivity index (χ1n) is 3.67. The molecule has 0 heterocycles. The van der Waals surface area contributed by atoms with Crippen LogP contribution in [0.3, 0.4) is 0 Å². The van der Waals surface area contributed by atoms with Gasteiger partial charge in [0.05, 0.1) is 0 Å². The van der Waals surface area contributed by atoms with Gasteiger partial charge in [0, 0.05) is 4.47 Å². The van der Waals surface area contributed by atoms with Gasteiger partial charge in [0.1, 0.15) is 0 Å². The molecular weight excluding hydrogens is 263 g/mol. The molecule has 0 aliphatic carbocycles. The van der Waals surface area contributed by atoms with Crippen LogP contribution in [0.2, 0.25) is 0 Å². The zero-order chi connectivity index (χ0) is 10.8. The Morgan fingerprint density at radius 2 is 1.71 bits per heavy atom. The van der Waals surface area contributed by atoms with Crippen molar-refractivity contribution in [2.24, 2.45) is 0 Å². The molecule has 0 bridgehead atoms. The van der Waals surface area contributed by atoms with Crippen LogP contribution >= 0.6 is 15.9 Å². The highest BCUT2D eigenvalue weighted by Crippen LogP contribution is 2.32. The van der Waals surface area contributed by atoms with Crippen molar-refractivity contribution in [3.05, 3.63) is 34.3 Å². The summed E-state index contributed by atoms with van der Waals surface area (Å²) >= 11 is 3.10. The first-order valence-corrected chi connectivity index (χ1v) is 4.46. The molecule has 1 atom stereocenters. The molecule has 0 aromatic heterocycles. The number of halogens is 4. The van der Waals surface area contributed by atoms with Crippen molar-refractivity contribution in [1.82, 2.24) is 5.48 Å². The lowest BCUT2D eigenvalue weighted by Gasteiger charge is -2.18. The Hall–Kier alpha value is -0.590. The molecule has 0 aliphatic heterocycles. The number of nitrogens with one attached hydrogen (secondary N) is 1. The summed E-state index contributed by atoms with van der Waals surface area (Å²) in [7, 11) is 0. The van der Waals surface area contributed by atoms with E-state index < -0.39 is 12.2 Å². The lowest BCUT2D eigenvalue weighted by Crippen LogP contribution is -2.31. The zero-order valence-corrected chi connectivity index (χ0v) is 8.43. The van der Waals surface area contributed by atoms with Gasteiger partial charge in [-0.25, -0.2) is 0 Å². The Morgan fingerprint density at radius 1 is 1.21 bits per heavy atom. The predicted octanol–water partition coefficient (Wildman–Crippen LogP) is 3.03. The van der Waals surface area contributed by atoms with Gasteiger partial charge in [0.15, 0.2) is 6.04 Å². The van der Waals surface area contributed by atoms with Gasteiger partial charge in [-0.2, -0.15) is 18.7 Å². The lowest BCUT2D eigenvalue weighted by atomic mass is 10.1. The zero-order valence-electron chi connectivity index (χ0n) is 6.85. The number of alkyl halides is 3. The summed E-state index contributed by atoms with van der Waals surface area (Å²) in [6.07, 6.45) is -4.51. The molecule has 0 saturated carbocycles. The third kappa shape index (κ3) is 2.70. The van der Waals surface area contributed by atoms with E-state index in [1.807, 2.05) is 0 Å². The van der Waals surface area contributed by atoms with E-state index in [1.54, 1.807) is 0 Å². The molecule has 0 spiro atoms. The maximum Gasteiger partial charge on any atom is 0.410 e. The van der Waals surface area contributed by atoms with E-state index in [-0.39, 0.29) is 5.56 Å². The molecule has 0 aliphatic rings. The maximum absolute atomic E-state index is 12.3. The Morgan fingerprint density at radius 3 is 2.07 bits per heavy atom. The van der Waals surface area contributed by atoms with Crippen LogP contribution in [-0.2, 0) is 0 Å². The highest BCUT2D eigenvalue weighted by Gasteiger charge is 2.40. The van der Waals surface area contributed by atoms with Crippen LogP contribution in [0.15, 0.2) is 28.7 Å². The van der Waals surface area contributed by atoms with Crippen LogP contribution in [0.4, 0.5) is 13.2 Å². The molecular formula is C8H7BrF3NO. The number of hydrogen-bond donors (Lipinski definition) is 2. The van der Waals surface area contributed by atoms with Crippen molar-refractivity contribution in [2.75, 3.05) is 0 Å². The predicted molar refractivity (Wildman–Crippen MR) is 47.9 cm³/mol. The molecule has 1 aromatic carbocycles. The minimum absolute atomic E-state index is 0.0387. The van der Waals surface area contributed by atoms with Crippen LogP contribution < -0.4 is 5.48 Å². The molecule has 0 amide bonds. The van der Waals surface area contributed by atoms with E-state index in [4.69, 9.17) is 5.21 Å². The van der Waals surface area contributed by atoms with E-state index in [0.717, 1.165) is 0 Å². The Balaban J connectivity index is 2.96. The normalized spacial score (nSPS) is 14.1. The Labute approximate surface area is 86.8 Å². The van der Waals surface area contributed by atoms with Crippen LogP contribution in [0.25, 0.3) is 0 Å². The first-order chi connectivity index (χ1) is 6.45. The highest BCUT2D eigenvalue weighted by molar-refractivity contribution is 9.10. The minimum Gasteiger partial charge on any atom is -0.316 e. The van der Waals surface area contributed by atoms with Gasteiger partial charge in [-0.05, 0) is 17.7 Å². The summed E-state index contributed by atoms with van der Waals surface area (Å²) in [6.45, 7) is 0. The van der Waals surface area contributed by atoms with Crippen molar-refractivity contribution in [3.63, 3.8) is 0 Å². The lowest BCUT2D eigenvalue weighted by molar-refractivity contribution is -0.178. The SMILES string of the molecule is ON[C@@H](c1ccc(Br)cc1)C(F)(F)F. The van der Waals surface area contributed by atoms with Crippen molar-refractivity contribution in [3.8, 4) is 0 Å². The maximum atomic E-state index is 12.3. The van der Waals surface area contributed by atoms with Crippen molar-refractivity contribution < 1.29 is 18.4 Å². The molecule has 78 valence electrons. The monoisotopic (exact) mass is 269 g/mol. The second-order valence-corrected chi connectivity index (χ2v) is 3.57. The van der Waals surface area contributed by atoms with Crippen LogP contribution in [-0.4, -0.2) is 11.4 Å². The second kappa shape index (κ2) is 4.29. The van der Waals surface area contributed by atoms with Gasteiger partial charge in [-0.15, -0.1) is 0 Å². The topological polar surface area (TPSA) is 32.3 Å². The van der Waals surface area contributed by atoms with Crippen molar-refractivity contribution in [2.45, 2.75) is 12.2 Å². The summed E-state index contributed by atoms with van der Waals surface area (Å²) in [6, 6.07) is 3.48. The van der Waals surface area contributed by atoms with Crippen molar-refractivity contribution >= 4 is 15.9 Å². The molecule has 6 heteroatoms. The number of rotatable bonds is 2. The van der Waals surface area contributed by atoms with Crippen molar-refractivity contribution in [1.29, 1.82) is 0 Å². The molecule has 0 fully saturated rings. The quantitative estimate of drug-likeness (QED) is 0.809. The van der Waals surface area contributed by atoms with E-state index in [2.05, 4.69) is 15.9 Å². The summed E-state index contributed by atoms with van der Waals surface area (Å²) in [5.74, 6) is 0. The summed E-state index contributed by atoms with van der Waals surface area (Å²) in [4.78, 5) is 0. The van der Waals surface area contributed by atoms with Gasteiger partial charge in [0.2, 0.25) is 0 Å². The number of hydroxylamine groups is 1. The van der Waals surface area contributed by atoms with Gasteiger partial charge in [0.25, 0.3) is 0 Å². The average Bonchev–Trinajstić information content (AvgIpc) is 2.07. The minimum atomic E-state index is -4.51. The second-order valence-electron chi connectivity index (χ2n) is 2.66. The Kier molecular flexibility index (Phi) is 3.52. The van der Waals surface area contributed by atoms with Crippen LogP contribution in [0.5, 0.6) is 0 Å². The van der Waals surface area contributed by atoms with E-state index in [0.29, 0.717) is 4.47 Å². The summed E-state index contributed by atoms with van der Waals surface area (Å²) in [5.41, 5.74) is 1.20. The largest absolute Gasteiger partial charge is 0.410 e. The fourth-order valence-corrected chi connectivity index (χ4v) is 1.26.